The number of benzene rings is 1. The van der Waals surface area contributed by atoms with Gasteiger partial charge in [-0.3, -0.25) is 9.78 Å². The van der Waals surface area contributed by atoms with E-state index in [9.17, 15) is 9.18 Å². The monoisotopic (exact) mass is 279 g/mol. The van der Waals surface area contributed by atoms with Gasteiger partial charge in [0.15, 0.2) is 5.78 Å². The molecule has 0 atom stereocenters. The minimum absolute atomic E-state index is 0.237. The molecule has 2 rings (SSSR count). The van der Waals surface area contributed by atoms with Crippen LogP contribution in [0.1, 0.15) is 15.9 Å². The third kappa shape index (κ3) is 2.33. The Morgan fingerprint density at radius 1 is 1.12 bits per heavy atom. The highest BCUT2D eigenvalue weighted by Gasteiger charge is 2.09. The van der Waals surface area contributed by atoms with Gasteiger partial charge in [-0.2, -0.15) is 0 Å². The number of nitrogens with zero attached hydrogens (tertiary/aromatic N) is 1. The molecule has 0 fully saturated rings. The third-order valence-corrected chi connectivity index (χ3v) is 2.60. The second-order valence-electron chi connectivity index (χ2n) is 3.23. The lowest BCUT2D eigenvalue weighted by Crippen LogP contribution is -2.02. The Bertz CT molecular complexity index is 525. The Balaban J connectivity index is 2.35. The first kappa shape index (κ1) is 11.0. The number of ketones is 1. The predicted octanol–water partition coefficient (Wildman–Crippen LogP) is 3.21. The lowest BCUT2D eigenvalue weighted by Gasteiger charge is -2.00. The Morgan fingerprint density at radius 2 is 1.81 bits per heavy atom. The molecular formula is C12H7BrFNO. The molecule has 16 heavy (non-hydrogen) atoms. The van der Waals surface area contributed by atoms with E-state index < -0.39 is 5.82 Å². The Morgan fingerprint density at radius 3 is 2.44 bits per heavy atom. The van der Waals surface area contributed by atoms with Crippen LogP contribution < -0.4 is 0 Å². The molecule has 4 heteroatoms. The van der Waals surface area contributed by atoms with Gasteiger partial charge >= 0.3 is 0 Å². The summed E-state index contributed by atoms with van der Waals surface area (Å²) in [5.41, 5.74) is 0.762. The van der Waals surface area contributed by atoms with Gasteiger partial charge in [-0.15, -0.1) is 0 Å². The Kier molecular flexibility index (Phi) is 3.10. The Hall–Kier alpha value is -1.55. The largest absolute Gasteiger partial charge is 0.289 e. The first-order chi connectivity index (χ1) is 7.66. The third-order valence-electron chi connectivity index (χ3n) is 2.07. The zero-order valence-corrected chi connectivity index (χ0v) is 9.74. The van der Waals surface area contributed by atoms with Crippen LogP contribution in [0.15, 0.2) is 47.2 Å². The molecule has 0 radical (unpaired) electrons. The standard InChI is InChI=1S/C12H7BrFNO/c13-10-3-1-8(2-4-10)12(16)9-5-11(14)7-15-6-9/h1-7H. The van der Waals surface area contributed by atoms with Gasteiger partial charge in [-0.1, -0.05) is 15.9 Å². The fourth-order valence-electron chi connectivity index (χ4n) is 1.30. The summed E-state index contributed by atoms with van der Waals surface area (Å²) in [4.78, 5) is 15.5. The average Bonchev–Trinajstić information content (AvgIpc) is 2.29. The SMILES string of the molecule is O=C(c1ccc(Br)cc1)c1cncc(F)c1. The molecule has 0 bridgehead atoms. The maximum atomic E-state index is 12.9. The molecule has 1 heterocycles. The fourth-order valence-corrected chi connectivity index (χ4v) is 1.57. The van der Waals surface area contributed by atoms with E-state index in [4.69, 9.17) is 0 Å². The van der Waals surface area contributed by atoms with Crippen LogP contribution in [-0.4, -0.2) is 10.8 Å². The summed E-state index contributed by atoms with van der Waals surface area (Å²) in [7, 11) is 0. The van der Waals surface area contributed by atoms with Gasteiger partial charge in [-0.25, -0.2) is 4.39 Å². The second kappa shape index (κ2) is 4.53. The summed E-state index contributed by atoms with van der Waals surface area (Å²) in [6, 6.07) is 8.06. The highest BCUT2D eigenvalue weighted by molar-refractivity contribution is 9.10. The fraction of sp³-hybridized carbons (Fsp3) is 0. The van der Waals surface area contributed by atoms with Crippen LogP contribution in [0.3, 0.4) is 0 Å². The van der Waals surface area contributed by atoms with Crippen molar-refractivity contribution in [2.45, 2.75) is 0 Å². The Labute approximate surface area is 100 Å². The number of pyridine rings is 1. The van der Waals surface area contributed by atoms with Crippen LogP contribution in [0.2, 0.25) is 0 Å². The van der Waals surface area contributed by atoms with Gasteiger partial charge in [0.2, 0.25) is 0 Å². The van der Waals surface area contributed by atoms with E-state index in [0.29, 0.717) is 5.56 Å². The van der Waals surface area contributed by atoms with E-state index in [0.717, 1.165) is 10.7 Å². The van der Waals surface area contributed by atoms with Crippen LogP contribution in [0.5, 0.6) is 0 Å². The highest BCUT2D eigenvalue weighted by atomic mass is 79.9. The van der Waals surface area contributed by atoms with Crippen molar-refractivity contribution in [3.05, 3.63) is 64.1 Å². The second-order valence-corrected chi connectivity index (χ2v) is 4.14. The summed E-state index contributed by atoms with van der Waals surface area (Å²) < 4.78 is 13.8. The van der Waals surface area contributed by atoms with Crippen LogP contribution in [0.25, 0.3) is 0 Å². The number of carbonyl (C=O) groups is 1. The topological polar surface area (TPSA) is 30.0 Å². The molecule has 0 saturated carbocycles. The molecule has 0 aliphatic rings. The van der Waals surface area contributed by atoms with E-state index >= 15 is 0 Å². The summed E-state index contributed by atoms with van der Waals surface area (Å²) in [6.45, 7) is 0. The van der Waals surface area contributed by atoms with Crippen LogP contribution in [-0.2, 0) is 0 Å². The smallest absolute Gasteiger partial charge is 0.194 e. The van der Waals surface area contributed by atoms with Crippen molar-refractivity contribution in [1.29, 1.82) is 0 Å². The zero-order chi connectivity index (χ0) is 11.5. The van der Waals surface area contributed by atoms with E-state index in [1.807, 2.05) is 0 Å². The van der Waals surface area contributed by atoms with Gasteiger partial charge in [-0.05, 0) is 30.3 Å². The zero-order valence-electron chi connectivity index (χ0n) is 8.15. The lowest BCUT2D eigenvalue weighted by molar-refractivity contribution is 0.103. The summed E-state index contributed by atoms with van der Waals surface area (Å²) >= 11 is 3.28. The first-order valence-electron chi connectivity index (χ1n) is 4.57. The number of halogens is 2. The molecule has 0 aliphatic heterocycles. The lowest BCUT2D eigenvalue weighted by atomic mass is 10.1. The quantitative estimate of drug-likeness (QED) is 0.790. The molecule has 0 spiro atoms. The minimum atomic E-state index is -0.511. The molecule has 2 aromatic rings. The average molecular weight is 280 g/mol. The predicted molar refractivity (Wildman–Crippen MR) is 61.8 cm³/mol. The normalized spacial score (nSPS) is 10.1. The number of carbonyl (C=O) groups excluding carboxylic acids is 1. The van der Waals surface area contributed by atoms with Crippen molar-refractivity contribution in [1.82, 2.24) is 4.98 Å². The summed E-state index contributed by atoms with van der Waals surface area (Å²) in [5.74, 6) is -0.748. The van der Waals surface area contributed by atoms with E-state index in [-0.39, 0.29) is 11.3 Å². The molecule has 80 valence electrons. The molecule has 0 saturated heterocycles. The van der Waals surface area contributed by atoms with E-state index in [1.165, 1.54) is 12.3 Å². The molecule has 0 amide bonds. The maximum absolute atomic E-state index is 12.9. The van der Waals surface area contributed by atoms with Crippen molar-refractivity contribution in [2.75, 3.05) is 0 Å². The van der Waals surface area contributed by atoms with Gasteiger partial charge in [0.25, 0.3) is 0 Å². The van der Waals surface area contributed by atoms with Gasteiger partial charge < -0.3 is 0 Å². The summed E-state index contributed by atoms with van der Waals surface area (Å²) in [5, 5.41) is 0. The molecule has 0 unspecified atom stereocenters. The van der Waals surface area contributed by atoms with Gasteiger partial charge in [0.1, 0.15) is 5.82 Å². The van der Waals surface area contributed by atoms with E-state index in [1.54, 1.807) is 24.3 Å². The highest BCUT2D eigenvalue weighted by Crippen LogP contribution is 2.14. The first-order valence-corrected chi connectivity index (χ1v) is 5.37. The number of hydrogen-bond donors (Lipinski definition) is 0. The van der Waals surface area contributed by atoms with Gasteiger partial charge in [0, 0.05) is 21.8 Å². The molecule has 0 aliphatic carbocycles. The van der Waals surface area contributed by atoms with Crippen LogP contribution in [0, 0.1) is 5.82 Å². The van der Waals surface area contributed by atoms with Crippen molar-refractivity contribution in [2.24, 2.45) is 0 Å². The molecule has 0 N–H and O–H groups in total. The van der Waals surface area contributed by atoms with Crippen molar-refractivity contribution in [3.8, 4) is 0 Å². The number of hydrogen-bond acceptors (Lipinski definition) is 2. The number of aromatic nitrogens is 1. The van der Waals surface area contributed by atoms with Crippen LogP contribution >= 0.6 is 15.9 Å². The minimum Gasteiger partial charge on any atom is -0.289 e. The number of rotatable bonds is 2. The van der Waals surface area contributed by atoms with Crippen molar-refractivity contribution >= 4 is 21.7 Å². The molecular weight excluding hydrogens is 273 g/mol. The molecule has 1 aromatic heterocycles. The van der Waals surface area contributed by atoms with Gasteiger partial charge in [0.05, 0.1) is 6.20 Å². The molecule has 1 aromatic carbocycles. The summed E-state index contributed by atoms with van der Waals surface area (Å²) in [6.07, 6.45) is 2.42. The van der Waals surface area contributed by atoms with Crippen molar-refractivity contribution < 1.29 is 9.18 Å². The van der Waals surface area contributed by atoms with Crippen molar-refractivity contribution in [3.63, 3.8) is 0 Å². The van der Waals surface area contributed by atoms with Crippen LogP contribution in [0.4, 0.5) is 4.39 Å². The maximum Gasteiger partial charge on any atom is 0.194 e. The van der Waals surface area contributed by atoms with E-state index in [2.05, 4.69) is 20.9 Å². The molecule has 2 nitrogen and oxygen atoms in total.